The number of hydrogen-bond donors (Lipinski definition) is 2. The number of benzene rings is 2. The number of nitrogens with zero attached hydrogens (tertiary/aromatic N) is 2. The van der Waals surface area contributed by atoms with Gasteiger partial charge in [0.15, 0.2) is 5.11 Å². The number of carbonyl (C=O) groups excluding carboxylic acids is 2. The lowest BCUT2D eigenvalue weighted by Gasteiger charge is -2.29. The summed E-state index contributed by atoms with van der Waals surface area (Å²) in [7, 11) is 0. The lowest BCUT2D eigenvalue weighted by atomic mass is 10.1. The summed E-state index contributed by atoms with van der Waals surface area (Å²) in [4.78, 5) is 27.1. The van der Waals surface area contributed by atoms with Crippen LogP contribution < -0.4 is 10.2 Å². The molecule has 1 aromatic heterocycles. The second kappa shape index (κ2) is 8.43. The van der Waals surface area contributed by atoms with Crippen molar-refractivity contribution < 1.29 is 14.7 Å². The molecule has 4 rings (SSSR count). The molecule has 1 fully saturated rings. The average Bonchev–Trinajstić information content (AvgIpc) is 3.02. The first-order valence-corrected chi connectivity index (χ1v) is 10.7. The lowest BCUT2D eigenvalue weighted by molar-refractivity contribution is -0.122. The number of thiocarbonyl (C=S) groups is 1. The maximum atomic E-state index is 13.3. The number of aromatic hydroxyl groups is 1. The van der Waals surface area contributed by atoms with E-state index in [0.717, 1.165) is 22.0 Å². The number of rotatable bonds is 3. The molecule has 1 aliphatic rings. The molecule has 0 aliphatic carbocycles. The fourth-order valence-corrected chi connectivity index (χ4v) is 4.28. The second-order valence-corrected chi connectivity index (χ2v) is 8.38. The van der Waals surface area contributed by atoms with Crippen molar-refractivity contribution in [1.29, 1.82) is 0 Å². The molecular formula is C23H17Cl2N3O3S. The van der Waals surface area contributed by atoms with Crippen LogP contribution in [0.3, 0.4) is 0 Å². The number of phenolic OH excluding ortho intramolecular Hbond substituents is 1. The summed E-state index contributed by atoms with van der Waals surface area (Å²) in [6, 6.07) is 13.5. The van der Waals surface area contributed by atoms with Crippen molar-refractivity contribution in [3.63, 3.8) is 0 Å². The molecule has 6 nitrogen and oxygen atoms in total. The van der Waals surface area contributed by atoms with Gasteiger partial charge >= 0.3 is 0 Å². The minimum absolute atomic E-state index is 0.0733. The monoisotopic (exact) mass is 485 g/mol. The highest BCUT2D eigenvalue weighted by Crippen LogP contribution is 2.34. The van der Waals surface area contributed by atoms with Gasteiger partial charge in [-0.15, -0.1) is 0 Å². The van der Waals surface area contributed by atoms with Crippen LogP contribution in [0.2, 0.25) is 10.0 Å². The fourth-order valence-electron chi connectivity index (χ4n) is 3.63. The number of hydrogen-bond acceptors (Lipinski definition) is 4. The van der Waals surface area contributed by atoms with E-state index in [1.165, 1.54) is 6.08 Å². The molecule has 2 amide bonds. The molecule has 1 aliphatic heterocycles. The summed E-state index contributed by atoms with van der Waals surface area (Å²) in [6.45, 7) is 3.80. The average molecular weight is 486 g/mol. The van der Waals surface area contributed by atoms with Crippen LogP contribution in [-0.4, -0.2) is 26.6 Å². The molecule has 3 aromatic rings. The van der Waals surface area contributed by atoms with Gasteiger partial charge in [0.05, 0.1) is 15.7 Å². The Morgan fingerprint density at radius 1 is 1.06 bits per heavy atom. The smallest absolute Gasteiger partial charge is 0.270 e. The van der Waals surface area contributed by atoms with Gasteiger partial charge in [0.25, 0.3) is 11.8 Å². The van der Waals surface area contributed by atoms with Crippen LogP contribution in [0.15, 0.2) is 54.1 Å². The normalized spacial score (nSPS) is 15.4. The molecule has 0 saturated carbocycles. The van der Waals surface area contributed by atoms with Crippen LogP contribution in [-0.2, 0) is 9.59 Å². The molecule has 9 heteroatoms. The summed E-state index contributed by atoms with van der Waals surface area (Å²) in [5, 5.41) is 12.5. The summed E-state index contributed by atoms with van der Waals surface area (Å²) in [6.07, 6.45) is 1.53. The SMILES string of the molecule is Cc1cc(/C=C2/C(=O)NC(=S)N(c3cccc(Cl)c3Cl)C2=O)c(C)n1-c1ccc(O)cc1. The Kier molecular flexibility index (Phi) is 5.81. The first-order chi connectivity index (χ1) is 15.2. The molecule has 2 aromatic carbocycles. The Morgan fingerprint density at radius 3 is 2.44 bits per heavy atom. The third-order valence-electron chi connectivity index (χ3n) is 5.15. The Balaban J connectivity index is 1.78. The van der Waals surface area contributed by atoms with Crippen molar-refractivity contribution in [2.45, 2.75) is 13.8 Å². The number of aryl methyl sites for hydroxylation is 1. The highest BCUT2D eigenvalue weighted by Gasteiger charge is 2.36. The Bertz CT molecular complexity index is 1310. The zero-order valence-electron chi connectivity index (χ0n) is 17.0. The molecule has 1 saturated heterocycles. The largest absolute Gasteiger partial charge is 0.508 e. The third kappa shape index (κ3) is 3.79. The molecular weight excluding hydrogens is 469 g/mol. The highest BCUT2D eigenvalue weighted by atomic mass is 35.5. The second-order valence-electron chi connectivity index (χ2n) is 7.21. The predicted octanol–water partition coefficient (Wildman–Crippen LogP) is 4.94. The maximum Gasteiger partial charge on any atom is 0.270 e. The van der Waals surface area contributed by atoms with Gasteiger partial charge in [-0.05, 0) is 80.2 Å². The van der Waals surface area contributed by atoms with Gasteiger partial charge in [0, 0.05) is 17.1 Å². The molecule has 0 unspecified atom stereocenters. The van der Waals surface area contributed by atoms with E-state index >= 15 is 0 Å². The first kappa shape index (κ1) is 22.1. The molecule has 162 valence electrons. The van der Waals surface area contributed by atoms with Gasteiger partial charge in [-0.1, -0.05) is 29.3 Å². The third-order valence-corrected chi connectivity index (χ3v) is 6.25. The number of nitrogens with one attached hydrogen (secondary N) is 1. The van der Waals surface area contributed by atoms with E-state index < -0.39 is 11.8 Å². The number of anilines is 1. The van der Waals surface area contributed by atoms with Crippen LogP contribution in [0.4, 0.5) is 5.69 Å². The first-order valence-electron chi connectivity index (χ1n) is 9.53. The Labute approximate surface area is 199 Å². The fraction of sp³-hybridized carbons (Fsp3) is 0.0870. The van der Waals surface area contributed by atoms with Crippen molar-refractivity contribution in [3.8, 4) is 11.4 Å². The van der Waals surface area contributed by atoms with E-state index in [2.05, 4.69) is 5.32 Å². The number of phenols is 1. The van der Waals surface area contributed by atoms with Crippen LogP contribution in [0.5, 0.6) is 5.75 Å². The molecule has 0 radical (unpaired) electrons. The number of halogens is 2. The molecule has 2 N–H and O–H groups in total. The van der Waals surface area contributed by atoms with Crippen LogP contribution in [0.1, 0.15) is 17.0 Å². The Morgan fingerprint density at radius 2 is 1.75 bits per heavy atom. The van der Waals surface area contributed by atoms with E-state index in [1.807, 2.05) is 24.5 Å². The number of carbonyl (C=O) groups is 2. The van der Waals surface area contributed by atoms with Gasteiger partial charge in [-0.2, -0.15) is 0 Å². The van der Waals surface area contributed by atoms with Crippen molar-refractivity contribution in [2.24, 2.45) is 0 Å². The van der Waals surface area contributed by atoms with E-state index in [1.54, 1.807) is 42.5 Å². The molecule has 32 heavy (non-hydrogen) atoms. The molecule has 2 heterocycles. The van der Waals surface area contributed by atoms with Crippen LogP contribution in [0, 0.1) is 13.8 Å². The van der Waals surface area contributed by atoms with Crippen molar-refractivity contribution in [1.82, 2.24) is 9.88 Å². The van der Waals surface area contributed by atoms with Crippen molar-refractivity contribution in [2.75, 3.05) is 4.90 Å². The standard InChI is InChI=1S/C23H17Cl2N3O3S/c1-12-10-14(13(2)27(12)15-6-8-16(29)9-7-15)11-17-21(30)26-23(32)28(22(17)31)19-5-3-4-18(24)20(19)25/h3-11,29H,1-2H3,(H,26,30,32)/b17-11-. The van der Waals surface area contributed by atoms with Gasteiger partial charge in [0.2, 0.25) is 0 Å². The van der Waals surface area contributed by atoms with Gasteiger partial charge in [-0.25, -0.2) is 0 Å². The maximum absolute atomic E-state index is 13.3. The van der Waals surface area contributed by atoms with Gasteiger partial charge in [0.1, 0.15) is 11.3 Å². The molecule has 0 bridgehead atoms. The van der Waals surface area contributed by atoms with Gasteiger partial charge in [-0.3, -0.25) is 19.8 Å². The van der Waals surface area contributed by atoms with Crippen LogP contribution in [0.25, 0.3) is 11.8 Å². The van der Waals surface area contributed by atoms with E-state index in [9.17, 15) is 14.7 Å². The summed E-state index contributed by atoms with van der Waals surface area (Å²) >= 11 is 17.6. The molecule has 0 spiro atoms. The zero-order chi connectivity index (χ0) is 23.2. The topological polar surface area (TPSA) is 74.6 Å². The minimum atomic E-state index is -0.600. The summed E-state index contributed by atoms with van der Waals surface area (Å²) in [5.74, 6) is -1.03. The lowest BCUT2D eigenvalue weighted by Crippen LogP contribution is -2.54. The Hall–Kier alpha value is -3.13. The van der Waals surface area contributed by atoms with Crippen molar-refractivity contribution >= 4 is 64.1 Å². The van der Waals surface area contributed by atoms with E-state index in [4.69, 9.17) is 35.4 Å². The quantitative estimate of drug-likeness (QED) is 0.313. The highest BCUT2D eigenvalue weighted by molar-refractivity contribution is 7.80. The summed E-state index contributed by atoms with van der Waals surface area (Å²) in [5.41, 5.74) is 3.46. The van der Waals surface area contributed by atoms with Crippen LogP contribution >= 0.6 is 35.4 Å². The summed E-state index contributed by atoms with van der Waals surface area (Å²) < 4.78 is 1.97. The van der Waals surface area contributed by atoms with Crippen molar-refractivity contribution in [3.05, 3.63) is 81.1 Å². The predicted molar refractivity (Wildman–Crippen MR) is 130 cm³/mol. The molecule has 0 atom stereocenters. The minimum Gasteiger partial charge on any atom is -0.508 e. The van der Waals surface area contributed by atoms with E-state index in [-0.39, 0.29) is 32.2 Å². The zero-order valence-corrected chi connectivity index (χ0v) is 19.3. The van der Waals surface area contributed by atoms with Gasteiger partial charge < -0.3 is 9.67 Å². The van der Waals surface area contributed by atoms with E-state index in [0.29, 0.717) is 5.56 Å². The number of aromatic nitrogens is 1. The number of amides is 2.